The van der Waals surface area contributed by atoms with Gasteiger partial charge in [0, 0.05) is 22.4 Å². The minimum Gasteiger partial charge on any atom is -0.493 e. The van der Waals surface area contributed by atoms with Crippen molar-refractivity contribution in [2.75, 3.05) is 19.5 Å². The molecule has 0 saturated heterocycles. The number of hydrogen-bond acceptors (Lipinski definition) is 7. The molecule has 1 N–H and O–H groups in total. The highest BCUT2D eigenvalue weighted by molar-refractivity contribution is 7.17. The van der Waals surface area contributed by atoms with Crippen molar-refractivity contribution in [3.63, 3.8) is 0 Å². The lowest BCUT2D eigenvalue weighted by Crippen LogP contribution is -2.10. The van der Waals surface area contributed by atoms with Crippen molar-refractivity contribution in [2.45, 2.75) is 26.8 Å². The molecule has 0 radical (unpaired) electrons. The normalized spacial score (nSPS) is 11.9. The summed E-state index contributed by atoms with van der Waals surface area (Å²) in [7, 11) is 3.22. The molecule has 4 rings (SSSR count). The van der Waals surface area contributed by atoms with E-state index in [4.69, 9.17) is 9.47 Å². The standard InChI is InChI=1S/C25H25N3O3S/c1-14(17-7-6-8-18(11-17)24-10-9-23(32-24)15(2)29)26-25-19-12-21(30-4)22(31-5)13-20(19)27-16(3)28-25/h6-14H,1-5H3,(H,26,27,28)/t14-/m1/s1. The predicted octanol–water partition coefficient (Wildman–Crippen LogP) is 6.06. The molecule has 6 nitrogen and oxygen atoms in total. The molecule has 164 valence electrons. The van der Waals surface area contributed by atoms with Gasteiger partial charge in [-0.15, -0.1) is 11.3 Å². The minimum absolute atomic E-state index is 0.00668. The van der Waals surface area contributed by atoms with Crippen molar-refractivity contribution in [3.8, 4) is 21.9 Å². The number of carbonyl (C=O) groups excluding carboxylic acids is 1. The summed E-state index contributed by atoms with van der Waals surface area (Å²) < 4.78 is 10.9. The third kappa shape index (κ3) is 4.29. The quantitative estimate of drug-likeness (QED) is 0.347. The average Bonchev–Trinajstić information content (AvgIpc) is 3.29. The van der Waals surface area contributed by atoms with Crippen LogP contribution in [0.4, 0.5) is 5.82 Å². The molecule has 0 fully saturated rings. The third-order valence-electron chi connectivity index (χ3n) is 5.29. The number of ketones is 1. The maximum Gasteiger partial charge on any atom is 0.169 e. The zero-order chi connectivity index (χ0) is 22.8. The maximum atomic E-state index is 11.7. The molecule has 7 heteroatoms. The highest BCUT2D eigenvalue weighted by atomic mass is 32.1. The number of carbonyl (C=O) groups is 1. The fourth-order valence-electron chi connectivity index (χ4n) is 3.61. The fraction of sp³-hybridized carbons (Fsp3) is 0.240. The molecule has 2 aromatic heterocycles. The van der Waals surface area contributed by atoms with Gasteiger partial charge >= 0.3 is 0 Å². The second kappa shape index (κ2) is 8.96. The van der Waals surface area contributed by atoms with Crippen molar-refractivity contribution in [1.82, 2.24) is 9.97 Å². The van der Waals surface area contributed by atoms with E-state index in [2.05, 4.69) is 40.4 Å². The zero-order valence-electron chi connectivity index (χ0n) is 18.7. The molecule has 0 aliphatic heterocycles. The number of hydrogen-bond donors (Lipinski definition) is 1. The number of rotatable bonds is 7. The zero-order valence-corrected chi connectivity index (χ0v) is 19.5. The van der Waals surface area contributed by atoms with Gasteiger partial charge in [-0.1, -0.05) is 18.2 Å². The number of fused-ring (bicyclic) bond motifs is 1. The van der Waals surface area contributed by atoms with Gasteiger partial charge in [0.15, 0.2) is 17.3 Å². The van der Waals surface area contributed by atoms with Gasteiger partial charge < -0.3 is 14.8 Å². The Kier molecular flexibility index (Phi) is 6.10. The molecule has 32 heavy (non-hydrogen) atoms. The first-order valence-electron chi connectivity index (χ1n) is 10.3. The van der Waals surface area contributed by atoms with Crippen LogP contribution in [0.1, 0.15) is 40.9 Å². The molecule has 1 atom stereocenters. The van der Waals surface area contributed by atoms with Crippen LogP contribution >= 0.6 is 11.3 Å². The van der Waals surface area contributed by atoms with Crippen molar-refractivity contribution < 1.29 is 14.3 Å². The molecule has 0 spiro atoms. The smallest absolute Gasteiger partial charge is 0.169 e. The molecule has 4 aromatic rings. The second-order valence-corrected chi connectivity index (χ2v) is 8.64. The number of methoxy groups -OCH3 is 2. The van der Waals surface area contributed by atoms with Gasteiger partial charge in [-0.05, 0) is 56.2 Å². The summed E-state index contributed by atoms with van der Waals surface area (Å²) in [5.41, 5.74) is 2.99. The summed E-state index contributed by atoms with van der Waals surface area (Å²) in [6.45, 7) is 5.56. The molecule has 2 heterocycles. The number of aryl methyl sites for hydroxylation is 1. The number of ether oxygens (including phenoxy) is 2. The van der Waals surface area contributed by atoms with Crippen LogP contribution in [-0.4, -0.2) is 30.0 Å². The van der Waals surface area contributed by atoms with Gasteiger partial charge in [0.05, 0.1) is 24.6 Å². The van der Waals surface area contributed by atoms with Gasteiger partial charge in [0.25, 0.3) is 0 Å². The molecule has 2 aromatic carbocycles. The van der Waals surface area contributed by atoms with Crippen LogP contribution in [0.2, 0.25) is 0 Å². The minimum atomic E-state index is -0.00668. The van der Waals surface area contributed by atoms with Gasteiger partial charge in [-0.25, -0.2) is 9.97 Å². The summed E-state index contributed by atoms with van der Waals surface area (Å²) in [6, 6.07) is 16.0. The molecule has 0 amide bonds. The van der Waals surface area contributed by atoms with E-state index in [0.29, 0.717) is 17.3 Å². The molecule has 0 aliphatic carbocycles. The summed E-state index contributed by atoms with van der Waals surface area (Å²) in [5, 5.41) is 4.40. The van der Waals surface area contributed by atoms with Crippen LogP contribution in [0, 0.1) is 6.92 Å². The Morgan fingerprint density at radius 1 is 1.03 bits per heavy atom. The van der Waals surface area contributed by atoms with Crippen molar-refractivity contribution >= 4 is 33.8 Å². The average molecular weight is 448 g/mol. The molecular weight excluding hydrogens is 422 g/mol. The number of Topliss-reactive ketones (excluding diaryl/α,β-unsaturated/α-hetero) is 1. The number of aromatic nitrogens is 2. The summed E-state index contributed by atoms with van der Waals surface area (Å²) in [5.74, 6) is 2.75. The van der Waals surface area contributed by atoms with Gasteiger partial charge in [-0.3, -0.25) is 4.79 Å². The number of anilines is 1. The monoisotopic (exact) mass is 447 g/mol. The lowest BCUT2D eigenvalue weighted by atomic mass is 10.0. The Balaban J connectivity index is 1.68. The first-order valence-corrected chi connectivity index (χ1v) is 11.1. The van der Waals surface area contributed by atoms with E-state index in [0.717, 1.165) is 37.6 Å². The second-order valence-electron chi connectivity index (χ2n) is 7.56. The van der Waals surface area contributed by atoms with E-state index in [1.165, 1.54) is 11.3 Å². The van der Waals surface area contributed by atoms with E-state index < -0.39 is 0 Å². The summed E-state index contributed by atoms with van der Waals surface area (Å²) in [4.78, 5) is 22.7. The fourth-order valence-corrected chi connectivity index (χ4v) is 4.51. The van der Waals surface area contributed by atoms with E-state index in [9.17, 15) is 4.79 Å². The summed E-state index contributed by atoms with van der Waals surface area (Å²) in [6.07, 6.45) is 0. The van der Waals surface area contributed by atoms with Gasteiger partial charge in [0.2, 0.25) is 0 Å². The maximum absolute atomic E-state index is 11.7. The summed E-state index contributed by atoms with van der Waals surface area (Å²) >= 11 is 1.51. The largest absolute Gasteiger partial charge is 0.493 e. The van der Waals surface area contributed by atoms with Crippen LogP contribution < -0.4 is 14.8 Å². The predicted molar refractivity (Wildman–Crippen MR) is 129 cm³/mol. The Morgan fingerprint density at radius 2 is 1.78 bits per heavy atom. The van der Waals surface area contributed by atoms with E-state index in [1.54, 1.807) is 21.1 Å². The molecular formula is C25H25N3O3S. The Morgan fingerprint density at radius 3 is 2.47 bits per heavy atom. The number of nitrogens with zero attached hydrogens (tertiary/aromatic N) is 2. The van der Waals surface area contributed by atoms with E-state index >= 15 is 0 Å². The SMILES string of the molecule is COc1cc2nc(C)nc(N[C@H](C)c3cccc(-c4ccc(C(C)=O)s4)c3)c2cc1OC. The van der Waals surface area contributed by atoms with Gasteiger partial charge in [0.1, 0.15) is 11.6 Å². The molecule has 0 saturated carbocycles. The topological polar surface area (TPSA) is 73.3 Å². The van der Waals surface area contributed by atoms with Crippen molar-refractivity contribution in [2.24, 2.45) is 0 Å². The highest BCUT2D eigenvalue weighted by Gasteiger charge is 2.15. The Labute approximate surface area is 191 Å². The van der Waals surface area contributed by atoms with Crippen LogP contribution in [0.3, 0.4) is 0 Å². The molecule has 0 unspecified atom stereocenters. The van der Waals surface area contributed by atoms with Crippen molar-refractivity contribution in [3.05, 3.63) is 64.8 Å². The van der Waals surface area contributed by atoms with Crippen LogP contribution in [0.15, 0.2) is 48.5 Å². The molecule has 0 aliphatic rings. The third-order valence-corrected chi connectivity index (χ3v) is 6.53. The lowest BCUT2D eigenvalue weighted by Gasteiger charge is -2.18. The number of nitrogens with one attached hydrogen (secondary N) is 1. The van der Waals surface area contributed by atoms with Crippen LogP contribution in [0.25, 0.3) is 21.3 Å². The Bertz CT molecular complexity index is 1300. The van der Waals surface area contributed by atoms with Crippen molar-refractivity contribution in [1.29, 1.82) is 0 Å². The van der Waals surface area contributed by atoms with E-state index in [-0.39, 0.29) is 11.8 Å². The first kappa shape index (κ1) is 21.8. The first-order chi connectivity index (χ1) is 15.4. The number of thiophene rings is 1. The van der Waals surface area contributed by atoms with E-state index in [1.807, 2.05) is 37.3 Å². The van der Waals surface area contributed by atoms with Crippen LogP contribution in [-0.2, 0) is 0 Å². The highest BCUT2D eigenvalue weighted by Crippen LogP contribution is 2.35. The number of benzene rings is 2. The lowest BCUT2D eigenvalue weighted by molar-refractivity contribution is 0.102. The molecule has 0 bridgehead atoms. The van der Waals surface area contributed by atoms with Crippen LogP contribution in [0.5, 0.6) is 11.5 Å². The van der Waals surface area contributed by atoms with Gasteiger partial charge in [-0.2, -0.15) is 0 Å². The Hall–Kier alpha value is -3.45.